The summed E-state index contributed by atoms with van der Waals surface area (Å²) in [5, 5.41) is 0. The van der Waals surface area contributed by atoms with E-state index in [-0.39, 0.29) is 10.8 Å². The number of ether oxygens (including phenoxy) is 1. The highest BCUT2D eigenvalue weighted by Gasteiger charge is 2.78. The molecule has 0 aliphatic heterocycles. The molecule has 1 amide bonds. The second-order valence-electron chi connectivity index (χ2n) is 9.75. The Morgan fingerprint density at radius 2 is 1.68 bits per heavy atom. The molecule has 1 aromatic rings. The zero-order chi connectivity index (χ0) is 19.4. The topological polar surface area (TPSA) is 69.4 Å². The van der Waals surface area contributed by atoms with Crippen LogP contribution >= 0.6 is 0 Å². The highest BCUT2D eigenvalue weighted by molar-refractivity contribution is 5.95. The van der Waals surface area contributed by atoms with Crippen LogP contribution in [0.25, 0.3) is 0 Å². The first kappa shape index (κ1) is 19.5. The van der Waals surface area contributed by atoms with E-state index in [4.69, 9.17) is 10.5 Å². The van der Waals surface area contributed by atoms with E-state index in [0.29, 0.717) is 5.75 Å². The normalized spacial score (nSPS) is 25.4. The van der Waals surface area contributed by atoms with E-state index in [1.54, 1.807) is 0 Å². The first-order chi connectivity index (χ1) is 11.2. The number of carbonyl (C=O) groups is 2. The summed E-state index contributed by atoms with van der Waals surface area (Å²) in [6, 6.07) is 6.06. The van der Waals surface area contributed by atoms with Gasteiger partial charge in [-0.3, -0.25) is 4.79 Å². The minimum absolute atomic E-state index is 0.00405. The van der Waals surface area contributed by atoms with Gasteiger partial charge < -0.3 is 15.3 Å². The van der Waals surface area contributed by atoms with E-state index in [2.05, 4.69) is 47.6 Å². The summed E-state index contributed by atoms with van der Waals surface area (Å²) in [4.78, 5) is 23.7. The maximum Gasteiger partial charge on any atom is 0.263 e. The fourth-order valence-electron chi connectivity index (χ4n) is 3.59. The van der Waals surface area contributed by atoms with Crippen molar-refractivity contribution in [3.8, 4) is 5.75 Å². The zero-order valence-electron chi connectivity index (χ0n) is 16.7. The minimum Gasteiger partial charge on any atom is -0.476 e. The van der Waals surface area contributed by atoms with Crippen LogP contribution in [0.15, 0.2) is 18.2 Å². The first-order valence-electron chi connectivity index (χ1n) is 8.79. The molecule has 25 heavy (non-hydrogen) atoms. The molecule has 1 aliphatic carbocycles. The molecule has 0 bridgehead atoms. The van der Waals surface area contributed by atoms with E-state index in [1.165, 1.54) is 5.56 Å². The average molecular weight is 345 g/mol. The number of hydrogen-bond donors (Lipinski definition) is 1. The Labute approximate surface area is 151 Å². The SMILES string of the molecule is CC(C)(C)c1ccc(OC2(C(N)=O)C(C=O)C2(C)C)c(C(C)(C)C)c1. The number of primary amides is 1. The number of amides is 1. The fourth-order valence-corrected chi connectivity index (χ4v) is 3.59. The van der Waals surface area contributed by atoms with E-state index in [0.717, 1.165) is 11.8 Å². The van der Waals surface area contributed by atoms with Crippen molar-refractivity contribution in [2.75, 3.05) is 0 Å². The van der Waals surface area contributed by atoms with Crippen LogP contribution in [0.2, 0.25) is 0 Å². The summed E-state index contributed by atoms with van der Waals surface area (Å²) in [5.41, 5.74) is 5.80. The van der Waals surface area contributed by atoms with E-state index < -0.39 is 22.8 Å². The average Bonchev–Trinajstić information content (AvgIpc) is 2.92. The monoisotopic (exact) mass is 345 g/mol. The fraction of sp³-hybridized carbons (Fsp3) is 0.619. The van der Waals surface area contributed by atoms with Crippen LogP contribution in [0, 0.1) is 11.3 Å². The van der Waals surface area contributed by atoms with Crippen molar-refractivity contribution in [2.24, 2.45) is 17.1 Å². The molecule has 4 heteroatoms. The van der Waals surface area contributed by atoms with Gasteiger partial charge in [0, 0.05) is 5.41 Å². The number of hydrogen-bond acceptors (Lipinski definition) is 3. The molecular formula is C21H31NO3. The maximum atomic E-state index is 12.2. The molecule has 4 nitrogen and oxygen atoms in total. The third-order valence-corrected chi connectivity index (χ3v) is 5.52. The molecule has 2 rings (SSSR count). The van der Waals surface area contributed by atoms with Crippen molar-refractivity contribution in [3.05, 3.63) is 29.3 Å². The summed E-state index contributed by atoms with van der Waals surface area (Å²) < 4.78 is 6.21. The van der Waals surface area contributed by atoms with Gasteiger partial charge in [0.1, 0.15) is 12.0 Å². The van der Waals surface area contributed by atoms with Crippen LogP contribution < -0.4 is 10.5 Å². The predicted molar refractivity (Wildman–Crippen MR) is 99.7 cm³/mol. The summed E-state index contributed by atoms with van der Waals surface area (Å²) in [6.07, 6.45) is 0.783. The Morgan fingerprint density at radius 3 is 2.04 bits per heavy atom. The Kier molecular flexibility index (Phi) is 4.35. The molecule has 1 aromatic carbocycles. The lowest BCUT2D eigenvalue weighted by atomic mass is 9.80. The van der Waals surface area contributed by atoms with Gasteiger partial charge in [-0.15, -0.1) is 0 Å². The van der Waals surface area contributed by atoms with Crippen molar-refractivity contribution in [1.29, 1.82) is 0 Å². The third kappa shape index (κ3) is 2.96. The van der Waals surface area contributed by atoms with Gasteiger partial charge in [-0.25, -0.2) is 0 Å². The second kappa shape index (κ2) is 5.58. The lowest BCUT2D eigenvalue weighted by Gasteiger charge is -2.29. The zero-order valence-corrected chi connectivity index (χ0v) is 16.7. The molecule has 138 valence electrons. The van der Waals surface area contributed by atoms with Crippen LogP contribution in [0.5, 0.6) is 5.75 Å². The molecule has 0 spiro atoms. The summed E-state index contributed by atoms with van der Waals surface area (Å²) >= 11 is 0. The minimum atomic E-state index is -1.28. The highest BCUT2D eigenvalue weighted by Crippen LogP contribution is 2.63. The van der Waals surface area contributed by atoms with Crippen molar-refractivity contribution >= 4 is 12.2 Å². The molecule has 1 saturated carbocycles. The molecular weight excluding hydrogens is 314 g/mol. The molecule has 0 aromatic heterocycles. The van der Waals surface area contributed by atoms with E-state index >= 15 is 0 Å². The van der Waals surface area contributed by atoms with Crippen LogP contribution in [-0.4, -0.2) is 17.8 Å². The molecule has 0 heterocycles. The summed E-state index contributed by atoms with van der Waals surface area (Å²) in [6.45, 7) is 16.5. The van der Waals surface area contributed by atoms with Crippen LogP contribution in [-0.2, 0) is 20.4 Å². The lowest BCUT2D eigenvalue weighted by molar-refractivity contribution is -0.130. The molecule has 1 fully saturated rings. The van der Waals surface area contributed by atoms with Crippen LogP contribution in [0.3, 0.4) is 0 Å². The van der Waals surface area contributed by atoms with Gasteiger partial charge in [0.15, 0.2) is 0 Å². The van der Waals surface area contributed by atoms with E-state index in [9.17, 15) is 9.59 Å². The van der Waals surface area contributed by atoms with E-state index in [1.807, 2.05) is 26.0 Å². The van der Waals surface area contributed by atoms with Gasteiger partial charge >= 0.3 is 0 Å². The van der Waals surface area contributed by atoms with Crippen molar-refractivity contribution in [3.63, 3.8) is 0 Å². The van der Waals surface area contributed by atoms with Crippen molar-refractivity contribution < 1.29 is 14.3 Å². The number of rotatable bonds is 4. The second-order valence-corrected chi connectivity index (χ2v) is 9.75. The van der Waals surface area contributed by atoms with Gasteiger partial charge in [-0.1, -0.05) is 67.5 Å². The maximum absolute atomic E-state index is 12.2. The van der Waals surface area contributed by atoms with Crippen molar-refractivity contribution in [2.45, 2.75) is 71.8 Å². The lowest BCUT2D eigenvalue weighted by Crippen LogP contribution is -2.42. The standard InChI is InChI=1S/C21H31NO3/c1-18(2,3)13-9-10-15(14(11-13)19(4,5)6)25-21(17(22)24)16(12-23)20(21,7)8/h9-12,16H,1-8H3,(H2,22,24). The largest absolute Gasteiger partial charge is 0.476 e. The number of nitrogens with two attached hydrogens (primary N) is 1. The molecule has 2 unspecified atom stereocenters. The number of carbonyl (C=O) groups excluding carboxylic acids is 2. The smallest absolute Gasteiger partial charge is 0.263 e. The van der Waals surface area contributed by atoms with Gasteiger partial charge in [0.25, 0.3) is 5.91 Å². The molecule has 1 aliphatic rings. The Hall–Kier alpha value is -1.84. The summed E-state index contributed by atoms with van der Waals surface area (Å²) in [7, 11) is 0. The first-order valence-corrected chi connectivity index (χ1v) is 8.79. The highest BCUT2D eigenvalue weighted by atomic mass is 16.5. The van der Waals surface area contributed by atoms with Crippen molar-refractivity contribution in [1.82, 2.24) is 0 Å². The van der Waals surface area contributed by atoms with Gasteiger partial charge in [0.05, 0.1) is 5.92 Å². The Morgan fingerprint density at radius 1 is 1.12 bits per heavy atom. The summed E-state index contributed by atoms with van der Waals surface area (Å²) in [5.74, 6) is -0.501. The van der Waals surface area contributed by atoms with Crippen LogP contribution in [0.1, 0.15) is 66.5 Å². The number of aldehydes is 1. The third-order valence-electron chi connectivity index (χ3n) is 5.52. The number of benzene rings is 1. The van der Waals surface area contributed by atoms with Gasteiger partial charge in [0.2, 0.25) is 5.60 Å². The predicted octanol–water partition coefficient (Wildman–Crippen LogP) is 3.74. The van der Waals surface area contributed by atoms with Gasteiger partial charge in [-0.2, -0.15) is 0 Å². The van der Waals surface area contributed by atoms with Gasteiger partial charge in [-0.05, 0) is 28.0 Å². The molecule has 0 radical (unpaired) electrons. The molecule has 2 N–H and O–H groups in total. The Bertz CT molecular complexity index is 707. The quantitative estimate of drug-likeness (QED) is 0.845. The molecule has 0 saturated heterocycles. The van der Waals surface area contributed by atoms with Crippen LogP contribution in [0.4, 0.5) is 0 Å². The molecule has 2 atom stereocenters. The Balaban J connectivity index is 2.57.